The molecule has 8 heteroatoms. The lowest BCUT2D eigenvalue weighted by Gasteiger charge is -2.17. The zero-order valence-corrected chi connectivity index (χ0v) is 12.4. The molecule has 1 aromatic rings. The number of carbonyl (C=O) groups is 2. The highest BCUT2D eigenvalue weighted by atomic mass is 35.5. The molecule has 0 saturated heterocycles. The number of rotatable bonds is 4. The van der Waals surface area contributed by atoms with E-state index >= 15 is 0 Å². The number of carbonyl (C=O) groups excluding carboxylic acids is 2. The first kappa shape index (κ1) is 16.7. The Balaban J connectivity index is 2.81. The normalized spacial score (nSPS) is 13.7. The number of amides is 3. The Hall–Kier alpha value is -1.37. The van der Waals surface area contributed by atoms with Gasteiger partial charge in [0.1, 0.15) is 11.9 Å². The molecule has 2 atom stereocenters. The van der Waals surface area contributed by atoms with Crippen LogP contribution in [0.5, 0.6) is 0 Å². The third-order valence-electron chi connectivity index (χ3n) is 2.77. The Kier molecular flexibility index (Phi) is 5.74. The third-order valence-corrected chi connectivity index (χ3v) is 3.38. The summed E-state index contributed by atoms with van der Waals surface area (Å²) in [6, 6.07) is 0.727. The fourth-order valence-electron chi connectivity index (χ4n) is 1.75. The van der Waals surface area contributed by atoms with Crippen molar-refractivity contribution in [2.24, 2.45) is 5.73 Å². The van der Waals surface area contributed by atoms with Gasteiger partial charge in [-0.15, -0.1) is 0 Å². The lowest BCUT2D eigenvalue weighted by atomic mass is 10.1. The minimum atomic E-state index is -0.918. The minimum Gasteiger partial charge on any atom is -0.351 e. The van der Waals surface area contributed by atoms with Crippen LogP contribution >= 0.6 is 23.2 Å². The molecule has 0 spiro atoms. The largest absolute Gasteiger partial charge is 0.351 e. The first-order chi connectivity index (χ1) is 9.22. The molecule has 0 radical (unpaired) electrons. The maximum Gasteiger partial charge on any atom is 0.319 e. The van der Waals surface area contributed by atoms with E-state index in [1.807, 2.05) is 5.32 Å². The van der Waals surface area contributed by atoms with Crippen LogP contribution in [0.15, 0.2) is 12.1 Å². The van der Waals surface area contributed by atoms with E-state index in [9.17, 15) is 14.0 Å². The van der Waals surface area contributed by atoms with Crippen molar-refractivity contribution in [2.45, 2.75) is 25.9 Å². The highest BCUT2D eigenvalue weighted by Gasteiger charge is 2.23. The van der Waals surface area contributed by atoms with Crippen LogP contribution in [0.4, 0.5) is 9.18 Å². The van der Waals surface area contributed by atoms with Crippen LogP contribution in [0, 0.1) is 5.82 Å². The predicted octanol–water partition coefficient (Wildman–Crippen LogP) is 1.34. The highest BCUT2D eigenvalue weighted by Crippen LogP contribution is 2.27. The number of halogens is 3. The van der Waals surface area contributed by atoms with Gasteiger partial charge in [-0.25, -0.2) is 9.18 Å². The number of hydrogen-bond acceptors (Lipinski definition) is 2. The van der Waals surface area contributed by atoms with E-state index < -0.39 is 23.8 Å². The first-order valence-electron chi connectivity index (χ1n) is 5.82. The second-order valence-corrected chi connectivity index (χ2v) is 5.23. The van der Waals surface area contributed by atoms with Crippen molar-refractivity contribution in [3.05, 3.63) is 33.6 Å². The van der Waals surface area contributed by atoms with Crippen molar-refractivity contribution < 1.29 is 19.3 Å². The Morgan fingerprint density at radius 3 is 2.45 bits per heavy atom. The molecule has 0 aliphatic heterocycles. The van der Waals surface area contributed by atoms with Gasteiger partial charge in [0.05, 0.1) is 10.0 Å². The van der Waals surface area contributed by atoms with Crippen LogP contribution in [-0.4, -0.2) is 18.0 Å². The standard InChI is InChI=1S/C12H14Cl2FN3O2/c1-5(17-6(2)11(19)18-12(16)20)7-3-10(15)9(14)4-8(7)13/h3-6,17H,1-2H3,(H3,16,18,19,20)/p+1/t5-,6+/m0/s1. The maximum absolute atomic E-state index is 13.4. The monoisotopic (exact) mass is 322 g/mol. The summed E-state index contributed by atoms with van der Waals surface area (Å²) >= 11 is 11.6. The lowest BCUT2D eigenvalue weighted by molar-refractivity contribution is -0.710. The van der Waals surface area contributed by atoms with Crippen molar-refractivity contribution in [2.75, 3.05) is 0 Å². The van der Waals surface area contributed by atoms with Crippen LogP contribution in [0.25, 0.3) is 0 Å². The Morgan fingerprint density at radius 2 is 1.90 bits per heavy atom. The molecule has 3 amide bonds. The average molecular weight is 323 g/mol. The second-order valence-electron chi connectivity index (χ2n) is 4.41. The smallest absolute Gasteiger partial charge is 0.319 e. The Labute approximate surface area is 125 Å². The van der Waals surface area contributed by atoms with Crippen LogP contribution in [-0.2, 0) is 4.79 Å². The van der Waals surface area contributed by atoms with Gasteiger partial charge in [0.2, 0.25) is 0 Å². The number of nitrogens with one attached hydrogen (secondary N) is 1. The summed E-state index contributed by atoms with van der Waals surface area (Å²) in [5.74, 6) is -1.12. The summed E-state index contributed by atoms with van der Waals surface area (Å²) in [7, 11) is 0. The van der Waals surface area contributed by atoms with Gasteiger partial charge in [0, 0.05) is 5.56 Å². The quantitative estimate of drug-likeness (QED) is 0.730. The van der Waals surface area contributed by atoms with Gasteiger partial charge in [0.15, 0.2) is 6.04 Å². The zero-order chi connectivity index (χ0) is 15.4. The number of hydrogen-bond donors (Lipinski definition) is 3. The number of benzene rings is 1. The van der Waals surface area contributed by atoms with E-state index in [1.54, 1.807) is 19.2 Å². The number of quaternary nitrogens is 1. The molecule has 0 heterocycles. The maximum atomic E-state index is 13.4. The summed E-state index contributed by atoms with van der Waals surface area (Å²) in [5, 5.41) is 3.85. The first-order valence-corrected chi connectivity index (χ1v) is 6.57. The van der Waals surface area contributed by atoms with Gasteiger partial charge in [-0.1, -0.05) is 23.2 Å². The van der Waals surface area contributed by atoms with E-state index in [0.717, 1.165) is 0 Å². The summed E-state index contributed by atoms with van der Waals surface area (Å²) in [6.45, 7) is 3.34. The minimum absolute atomic E-state index is 0.0644. The van der Waals surface area contributed by atoms with Crippen molar-refractivity contribution in [3.63, 3.8) is 0 Å². The SMILES string of the molecule is C[C@H]([NH2+][C@H](C)C(=O)NC(N)=O)c1cc(F)c(Cl)cc1Cl. The highest BCUT2D eigenvalue weighted by molar-refractivity contribution is 6.35. The summed E-state index contributed by atoms with van der Waals surface area (Å²) in [6.07, 6.45) is 0. The van der Waals surface area contributed by atoms with Gasteiger partial charge in [0.25, 0.3) is 5.91 Å². The molecular formula is C12H15Cl2FN3O2+. The van der Waals surface area contributed by atoms with Gasteiger partial charge in [-0.2, -0.15) is 0 Å². The fraction of sp³-hybridized carbons (Fsp3) is 0.333. The van der Waals surface area contributed by atoms with E-state index in [-0.39, 0.29) is 11.1 Å². The molecule has 0 aromatic heterocycles. The van der Waals surface area contributed by atoms with E-state index in [1.165, 1.54) is 12.1 Å². The molecule has 20 heavy (non-hydrogen) atoms. The van der Waals surface area contributed by atoms with E-state index in [2.05, 4.69) is 0 Å². The van der Waals surface area contributed by atoms with Gasteiger partial charge >= 0.3 is 6.03 Å². The number of urea groups is 1. The van der Waals surface area contributed by atoms with Crippen LogP contribution in [0.1, 0.15) is 25.5 Å². The Bertz CT molecular complexity index is 540. The summed E-state index contributed by atoms with van der Waals surface area (Å²) in [5.41, 5.74) is 5.37. The molecule has 5 nitrogen and oxygen atoms in total. The van der Waals surface area contributed by atoms with Gasteiger partial charge in [-0.3, -0.25) is 10.1 Å². The van der Waals surface area contributed by atoms with Crippen molar-refractivity contribution in [1.29, 1.82) is 0 Å². The molecule has 110 valence electrons. The van der Waals surface area contributed by atoms with E-state index in [0.29, 0.717) is 10.6 Å². The van der Waals surface area contributed by atoms with Gasteiger partial charge in [-0.05, 0) is 26.0 Å². The number of primary amides is 1. The molecule has 5 N–H and O–H groups in total. The molecule has 0 saturated carbocycles. The van der Waals surface area contributed by atoms with Crippen LogP contribution < -0.4 is 16.4 Å². The number of nitrogens with two attached hydrogens (primary N) is 2. The topological polar surface area (TPSA) is 88.8 Å². The number of imide groups is 1. The molecule has 0 aliphatic carbocycles. The summed E-state index contributed by atoms with van der Waals surface area (Å²) < 4.78 is 13.4. The zero-order valence-electron chi connectivity index (χ0n) is 10.9. The Morgan fingerprint density at radius 1 is 1.30 bits per heavy atom. The average Bonchev–Trinajstić information content (AvgIpc) is 2.32. The lowest BCUT2D eigenvalue weighted by Crippen LogP contribution is -2.92. The molecule has 1 rings (SSSR count). The molecular weight excluding hydrogens is 308 g/mol. The molecule has 0 fully saturated rings. The van der Waals surface area contributed by atoms with Crippen LogP contribution in [0.3, 0.4) is 0 Å². The third kappa shape index (κ3) is 4.33. The second kappa shape index (κ2) is 6.88. The summed E-state index contributed by atoms with van der Waals surface area (Å²) in [4.78, 5) is 22.2. The molecule has 0 aliphatic rings. The fourth-order valence-corrected chi connectivity index (χ4v) is 2.30. The predicted molar refractivity (Wildman–Crippen MR) is 73.9 cm³/mol. The van der Waals surface area contributed by atoms with Gasteiger partial charge < -0.3 is 11.1 Å². The van der Waals surface area contributed by atoms with Crippen molar-refractivity contribution in [3.8, 4) is 0 Å². The van der Waals surface area contributed by atoms with Crippen molar-refractivity contribution >= 4 is 35.1 Å². The molecule has 1 aromatic carbocycles. The molecule has 0 bridgehead atoms. The van der Waals surface area contributed by atoms with E-state index in [4.69, 9.17) is 28.9 Å². The van der Waals surface area contributed by atoms with Crippen molar-refractivity contribution in [1.82, 2.24) is 5.32 Å². The molecule has 0 unspecified atom stereocenters. The van der Waals surface area contributed by atoms with Crippen LogP contribution in [0.2, 0.25) is 10.0 Å².